The summed E-state index contributed by atoms with van der Waals surface area (Å²) in [6, 6.07) is 19.0. The molecule has 0 heterocycles. The third kappa shape index (κ3) is 6.82. The first-order valence-corrected chi connectivity index (χ1v) is 9.79. The van der Waals surface area contributed by atoms with Gasteiger partial charge in [-0.2, -0.15) is 0 Å². The van der Waals surface area contributed by atoms with E-state index >= 15 is 0 Å². The molecule has 1 N–H and O–H groups in total. The van der Waals surface area contributed by atoms with Crippen molar-refractivity contribution in [3.05, 3.63) is 71.8 Å². The number of hydrogen-bond acceptors (Lipinski definition) is 3. The predicted molar refractivity (Wildman–Crippen MR) is 111 cm³/mol. The lowest BCUT2D eigenvalue weighted by Gasteiger charge is -2.31. The first-order chi connectivity index (χ1) is 13.7. The van der Waals surface area contributed by atoms with Gasteiger partial charge in [0.2, 0.25) is 11.8 Å². The van der Waals surface area contributed by atoms with Crippen LogP contribution in [0.2, 0.25) is 0 Å². The molecule has 0 radical (unpaired) electrons. The minimum Gasteiger partial charge on any atom is -0.383 e. The highest BCUT2D eigenvalue weighted by atomic mass is 16.5. The highest BCUT2D eigenvalue weighted by Crippen LogP contribution is 2.16. The van der Waals surface area contributed by atoms with Crippen LogP contribution in [0.3, 0.4) is 0 Å². The van der Waals surface area contributed by atoms with Gasteiger partial charge >= 0.3 is 0 Å². The second-order valence-corrected chi connectivity index (χ2v) is 6.75. The number of benzene rings is 2. The summed E-state index contributed by atoms with van der Waals surface area (Å²) in [5, 5.41) is 2.91. The van der Waals surface area contributed by atoms with E-state index in [1.54, 1.807) is 12.0 Å². The quantitative estimate of drug-likeness (QED) is 0.607. The summed E-state index contributed by atoms with van der Waals surface area (Å²) in [5.41, 5.74) is 2.03. The van der Waals surface area contributed by atoms with Crippen molar-refractivity contribution in [1.82, 2.24) is 10.2 Å². The van der Waals surface area contributed by atoms with Gasteiger partial charge in [0.05, 0.1) is 6.61 Å². The van der Waals surface area contributed by atoms with E-state index in [-0.39, 0.29) is 11.8 Å². The second-order valence-electron chi connectivity index (χ2n) is 6.75. The maximum Gasteiger partial charge on any atom is 0.243 e. The van der Waals surface area contributed by atoms with E-state index in [9.17, 15) is 9.59 Å². The Labute approximate surface area is 167 Å². The van der Waals surface area contributed by atoms with Crippen LogP contribution < -0.4 is 5.32 Å². The number of hydrogen-bond donors (Lipinski definition) is 1. The molecule has 2 aromatic carbocycles. The van der Waals surface area contributed by atoms with Gasteiger partial charge in [-0.05, 0) is 17.5 Å². The molecule has 0 aliphatic carbocycles. The van der Waals surface area contributed by atoms with E-state index in [1.807, 2.05) is 67.6 Å². The maximum absolute atomic E-state index is 13.0. The monoisotopic (exact) mass is 382 g/mol. The fourth-order valence-corrected chi connectivity index (χ4v) is 3.09. The molecule has 0 saturated carbocycles. The molecule has 0 aliphatic heterocycles. The van der Waals surface area contributed by atoms with Gasteiger partial charge in [0, 0.05) is 33.0 Å². The van der Waals surface area contributed by atoms with E-state index < -0.39 is 6.04 Å². The largest absolute Gasteiger partial charge is 0.383 e. The fraction of sp³-hybridized carbons (Fsp3) is 0.391. The van der Waals surface area contributed by atoms with E-state index in [2.05, 4.69) is 5.32 Å². The standard InChI is InChI=1S/C23H30N2O3/c1-3-10-22(26)25(18-20-13-8-5-9-14-20)21(23(27)24-15-16-28-2)17-19-11-6-4-7-12-19/h4-9,11-14,21H,3,10,15-18H2,1-2H3,(H,24,27)/t21-/m1/s1. The minimum absolute atomic E-state index is 0.00539. The van der Waals surface area contributed by atoms with Crippen LogP contribution in [0.15, 0.2) is 60.7 Å². The molecule has 150 valence electrons. The summed E-state index contributed by atoms with van der Waals surface area (Å²) < 4.78 is 5.04. The molecule has 0 fully saturated rings. The van der Waals surface area contributed by atoms with Crippen molar-refractivity contribution in [2.45, 2.75) is 38.8 Å². The number of amides is 2. The van der Waals surface area contributed by atoms with Gasteiger partial charge in [0.1, 0.15) is 6.04 Å². The van der Waals surface area contributed by atoms with Gasteiger partial charge in [-0.1, -0.05) is 67.6 Å². The van der Waals surface area contributed by atoms with E-state index in [4.69, 9.17) is 4.74 Å². The molecule has 28 heavy (non-hydrogen) atoms. The molecule has 2 aromatic rings. The first kappa shape index (κ1) is 21.6. The van der Waals surface area contributed by atoms with Crippen LogP contribution in [0.4, 0.5) is 0 Å². The summed E-state index contributed by atoms with van der Waals surface area (Å²) in [5.74, 6) is -0.157. The van der Waals surface area contributed by atoms with E-state index in [0.717, 1.165) is 17.5 Å². The van der Waals surface area contributed by atoms with Gasteiger partial charge in [-0.15, -0.1) is 0 Å². The van der Waals surface area contributed by atoms with Crippen LogP contribution in [0.1, 0.15) is 30.9 Å². The van der Waals surface area contributed by atoms with Crippen LogP contribution in [0, 0.1) is 0 Å². The molecular weight excluding hydrogens is 352 g/mol. The van der Waals surface area contributed by atoms with E-state index in [1.165, 1.54) is 0 Å². The van der Waals surface area contributed by atoms with Crippen molar-refractivity contribution < 1.29 is 14.3 Å². The van der Waals surface area contributed by atoms with Crippen molar-refractivity contribution in [1.29, 1.82) is 0 Å². The second kappa shape index (κ2) is 11.9. The van der Waals surface area contributed by atoms with Crippen LogP contribution >= 0.6 is 0 Å². The summed E-state index contributed by atoms with van der Waals surface area (Å²) in [6.45, 7) is 3.24. The van der Waals surface area contributed by atoms with Crippen molar-refractivity contribution in [2.75, 3.05) is 20.3 Å². The third-order valence-corrected chi connectivity index (χ3v) is 4.54. The lowest BCUT2D eigenvalue weighted by Crippen LogP contribution is -2.51. The molecule has 0 spiro atoms. The Balaban J connectivity index is 2.28. The zero-order valence-corrected chi connectivity index (χ0v) is 16.8. The van der Waals surface area contributed by atoms with E-state index in [0.29, 0.717) is 32.5 Å². The molecule has 2 amide bonds. The number of nitrogens with zero attached hydrogens (tertiary/aromatic N) is 1. The van der Waals surface area contributed by atoms with Crippen LogP contribution in [0.5, 0.6) is 0 Å². The number of rotatable bonds is 11. The average Bonchev–Trinajstić information content (AvgIpc) is 2.72. The molecule has 0 bridgehead atoms. The normalized spacial score (nSPS) is 11.6. The summed E-state index contributed by atoms with van der Waals surface area (Å²) in [4.78, 5) is 27.7. The van der Waals surface area contributed by atoms with Crippen molar-refractivity contribution in [3.8, 4) is 0 Å². The maximum atomic E-state index is 13.0. The SMILES string of the molecule is CCCC(=O)N(Cc1ccccc1)[C@H](Cc1ccccc1)C(=O)NCCOC. The molecule has 0 aliphatic rings. The Bertz CT molecular complexity index is 719. The Morgan fingerprint density at radius 2 is 1.61 bits per heavy atom. The number of methoxy groups -OCH3 is 1. The molecule has 0 aromatic heterocycles. The molecular formula is C23H30N2O3. The topological polar surface area (TPSA) is 58.6 Å². The molecule has 0 unspecified atom stereocenters. The third-order valence-electron chi connectivity index (χ3n) is 4.54. The van der Waals surface area contributed by atoms with Gasteiger partial charge in [-0.25, -0.2) is 0 Å². The van der Waals surface area contributed by atoms with Crippen LogP contribution in [-0.2, 0) is 27.3 Å². The number of carbonyl (C=O) groups is 2. The summed E-state index contributed by atoms with van der Waals surface area (Å²) in [6.07, 6.45) is 1.64. The minimum atomic E-state index is -0.571. The zero-order valence-electron chi connectivity index (χ0n) is 16.8. The van der Waals surface area contributed by atoms with Gasteiger partial charge in [0.25, 0.3) is 0 Å². The van der Waals surface area contributed by atoms with Crippen LogP contribution in [0.25, 0.3) is 0 Å². The Hall–Kier alpha value is -2.66. The number of ether oxygens (including phenoxy) is 1. The molecule has 2 rings (SSSR count). The van der Waals surface area contributed by atoms with Crippen molar-refractivity contribution >= 4 is 11.8 Å². The molecule has 5 heteroatoms. The van der Waals surface area contributed by atoms with Gasteiger partial charge in [-0.3, -0.25) is 9.59 Å². The summed E-state index contributed by atoms with van der Waals surface area (Å²) >= 11 is 0. The number of nitrogens with one attached hydrogen (secondary N) is 1. The Morgan fingerprint density at radius 1 is 1.00 bits per heavy atom. The predicted octanol–water partition coefficient (Wildman–Crippen LogP) is 3.19. The Morgan fingerprint density at radius 3 is 2.18 bits per heavy atom. The fourth-order valence-electron chi connectivity index (χ4n) is 3.09. The van der Waals surface area contributed by atoms with Gasteiger partial charge in [0.15, 0.2) is 0 Å². The highest BCUT2D eigenvalue weighted by molar-refractivity contribution is 5.88. The number of carbonyl (C=O) groups excluding carboxylic acids is 2. The van der Waals surface area contributed by atoms with Gasteiger partial charge < -0.3 is 15.0 Å². The van der Waals surface area contributed by atoms with Crippen molar-refractivity contribution in [3.63, 3.8) is 0 Å². The van der Waals surface area contributed by atoms with Crippen molar-refractivity contribution in [2.24, 2.45) is 0 Å². The highest BCUT2D eigenvalue weighted by Gasteiger charge is 2.29. The van der Waals surface area contributed by atoms with Crippen LogP contribution in [-0.4, -0.2) is 43.0 Å². The molecule has 0 saturated heterocycles. The lowest BCUT2D eigenvalue weighted by molar-refractivity contribution is -0.141. The first-order valence-electron chi connectivity index (χ1n) is 9.79. The zero-order chi connectivity index (χ0) is 20.2. The molecule has 1 atom stereocenters. The average molecular weight is 383 g/mol. The lowest BCUT2D eigenvalue weighted by atomic mass is 10.0. The molecule has 5 nitrogen and oxygen atoms in total. The summed E-state index contributed by atoms with van der Waals surface area (Å²) in [7, 11) is 1.60. The Kier molecular flexibility index (Phi) is 9.22. The smallest absolute Gasteiger partial charge is 0.243 e.